The molecule has 21 heavy (non-hydrogen) atoms. The summed E-state index contributed by atoms with van der Waals surface area (Å²) in [6, 6.07) is 9.35. The molecule has 0 atom stereocenters. The molecule has 1 aromatic carbocycles. The maximum absolute atomic E-state index is 11.8. The molecule has 1 aliphatic rings. The summed E-state index contributed by atoms with van der Waals surface area (Å²) in [5, 5.41) is 8.97. The fraction of sp³-hybridized carbons (Fsp3) is 0.133. The SMILES string of the molecule is O=C(O)c1ccc(=O)n(-c2ccc(N3CCC3=O)cc2)c1. The fourth-order valence-electron chi connectivity index (χ4n) is 2.20. The standard InChI is InChI=1S/C15H12N2O4/c18-13-6-1-10(15(20)21)9-17(13)12-4-2-11(3-5-12)16-8-7-14(16)19/h1-6,9H,7-8H2,(H,20,21). The first-order valence-electron chi connectivity index (χ1n) is 6.43. The van der Waals surface area contributed by atoms with Gasteiger partial charge in [0.05, 0.1) is 5.56 Å². The van der Waals surface area contributed by atoms with Crippen LogP contribution in [0.1, 0.15) is 16.8 Å². The number of amides is 1. The molecule has 0 bridgehead atoms. The van der Waals surface area contributed by atoms with Crippen molar-refractivity contribution in [3.63, 3.8) is 0 Å². The Labute approximate surface area is 119 Å². The molecule has 0 spiro atoms. The van der Waals surface area contributed by atoms with Gasteiger partial charge in [0.1, 0.15) is 0 Å². The molecule has 0 radical (unpaired) electrons. The largest absolute Gasteiger partial charge is 0.478 e. The monoisotopic (exact) mass is 284 g/mol. The predicted molar refractivity (Wildman–Crippen MR) is 76.0 cm³/mol. The molecule has 3 rings (SSSR count). The lowest BCUT2D eigenvalue weighted by Gasteiger charge is -2.30. The van der Waals surface area contributed by atoms with Crippen molar-refractivity contribution in [3.05, 3.63) is 58.5 Å². The fourth-order valence-corrected chi connectivity index (χ4v) is 2.20. The highest BCUT2D eigenvalue weighted by Crippen LogP contribution is 2.22. The van der Waals surface area contributed by atoms with E-state index in [0.29, 0.717) is 18.7 Å². The number of hydrogen-bond donors (Lipinski definition) is 1. The van der Waals surface area contributed by atoms with E-state index in [4.69, 9.17) is 5.11 Å². The van der Waals surface area contributed by atoms with Crippen molar-refractivity contribution in [3.8, 4) is 5.69 Å². The van der Waals surface area contributed by atoms with Gasteiger partial charge in [-0.3, -0.25) is 14.2 Å². The van der Waals surface area contributed by atoms with Crippen LogP contribution in [0, 0.1) is 0 Å². The minimum absolute atomic E-state index is 0.0385. The van der Waals surface area contributed by atoms with E-state index in [1.54, 1.807) is 29.2 Å². The summed E-state index contributed by atoms with van der Waals surface area (Å²) in [6.45, 7) is 0.701. The lowest BCUT2D eigenvalue weighted by Crippen LogP contribution is -2.43. The zero-order valence-electron chi connectivity index (χ0n) is 11.0. The summed E-state index contributed by atoms with van der Waals surface area (Å²) in [5.74, 6) is -1.01. The van der Waals surface area contributed by atoms with E-state index in [-0.39, 0.29) is 17.0 Å². The summed E-state index contributed by atoms with van der Waals surface area (Å²) < 4.78 is 1.27. The van der Waals surface area contributed by atoms with Crippen molar-refractivity contribution in [1.29, 1.82) is 0 Å². The second kappa shape index (κ2) is 4.90. The minimum atomic E-state index is -1.09. The molecular weight excluding hydrogens is 272 g/mol. The van der Waals surface area contributed by atoms with Crippen LogP contribution in [-0.2, 0) is 4.79 Å². The predicted octanol–water partition coefficient (Wildman–Crippen LogP) is 1.27. The average Bonchev–Trinajstić information content (AvgIpc) is 2.47. The molecule has 1 aromatic heterocycles. The Kier molecular flexibility index (Phi) is 3.06. The number of carboxylic acid groups (broad SMARTS) is 1. The molecular formula is C15H12N2O4. The van der Waals surface area contributed by atoms with Gasteiger partial charge in [0.15, 0.2) is 0 Å². The molecule has 106 valence electrons. The van der Waals surface area contributed by atoms with Crippen LogP contribution in [0.3, 0.4) is 0 Å². The number of rotatable bonds is 3. The first kappa shape index (κ1) is 13.1. The van der Waals surface area contributed by atoms with Gasteiger partial charge in [-0.05, 0) is 30.3 Å². The van der Waals surface area contributed by atoms with Crippen LogP contribution in [0.25, 0.3) is 5.69 Å². The zero-order chi connectivity index (χ0) is 15.0. The van der Waals surface area contributed by atoms with Crippen LogP contribution in [0.2, 0.25) is 0 Å². The van der Waals surface area contributed by atoms with Crippen molar-refractivity contribution in [2.75, 3.05) is 11.4 Å². The van der Waals surface area contributed by atoms with Crippen LogP contribution in [0.5, 0.6) is 0 Å². The number of anilines is 1. The van der Waals surface area contributed by atoms with Crippen LogP contribution < -0.4 is 10.5 Å². The summed E-state index contributed by atoms with van der Waals surface area (Å²) in [5.41, 5.74) is 1.06. The van der Waals surface area contributed by atoms with Crippen LogP contribution in [0.4, 0.5) is 5.69 Å². The number of aromatic nitrogens is 1. The summed E-state index contributed by atoms with van der Waals surface area (Å²) in [4.78, 5) is 35.8. The number of nitrogens with zero attached hydrogens (tertiary/aromatic N) is 2. The van der Waals surface area contributed by atoms with Gasteiger partial charge in [-0.2, -0.15) is 0 Å². The molecule has 1 N–H and O–H groups in total. The maximum Gasteiger partial charge on any atom is 0.337 e. The van der Waals surface area contributed by atoms with E-state index >= 15 is 0 Å². The number of carbonyl (C=O) groups is 2. The first-order chi connectivity index (χ1) is 10.1. The molecule has 0 saturated carbocycles. The van der Waals surface area contributed by atoms with E-state index in [1.165, 1.54) is 22.9 Å². The molecule has 0 unspecified atom stereocenters. The Balaban J connectivity index is 1.97. The summed E-state index contributed by atoms with van der Waals surface area (Å²) in [7, 11) is 0. The number of benzene rings is 1. The molecule has 1 fully saturated rings. The highest BCUT2D eigenvalue weighted by molar-refractivity contribution is 5.99. The molecule has 0 aliphatic carbocycles. The van der Waals surface area contributed by atoms with Gasteiger partial charge in [-0.1, -0.05) is 0 Å². The Morgan fingerprint density at radius 1 is 1.00 bits per heavy atom. The zero-order valence-corrected chi connectivity index (χ0v) is 11.0. The quantitative estimate of drug-likeness (QED) is 0.861. The van der Waals surface area contributed by atoms with Gasteiger partial charge in [-0.15, -0.1) is 0 Å². The minimum Gasteiger partial charge on any atom is -0.478 e. The average molecular weight is 284 g/mol. The van der Waals surface area contributed by atoms with E-state index in [2.05, 4.69) is 0 Å². The number of aromatic carboxylic acids is 1. The molecule has 1 amide bonds. The van der Waals surface area contributed by atoms with Crippen LogP contribution in [-0.4, -0.2) is 28.1 Å². The van der Waals surface area contributed by atoms with E-state index in [1.807, 2.05) is 0 Å². The van der Waals surface area contributed by atoms with E-state index < -0.39 is 5.97 Å². The Bertz CT molecular complexity index is 777. The topological polar surface area (TPSA) is 79.6 Å². The van der Waals surface area contributed by atoms with E-state index in [9.17, 15) is 14.4 Å². The third kappa shape index (κ3) is 2.31. The van der Waals surface area contributed by atoms with Gasteiger partial charge in [-0.25, -0.2) is 4.79 Å². The van der Waals surface area contributed by atoms with Crippen molar-refractivity contribution in [2.45, 2.75) is 6.42 Å². The molecule has 6 nitrogen and oxygen atoms in total. The lowest BCUT2D eigenvalue weighted by molar-refractivity contribution is -0.122. The number of carboxylic acids is 1. The van der Waals surface area contributed by atoms with Crippen molar-refractivity contribution < 1.29 is 14.7 Å². The van der Waals surface area contributed by atoms with Gasteiger partial charge >= 0.3 is 5.97 Å². The lowest BCUT2D eigenvalue weighted by atomic mass is 10.1. The van der Waals surface area contributed by atoms with Gasteiger partial charge in [0, 0.05) is 36.6 Å². The number of carbonyl (C=O) groups excluding carboxylic acids is 1. The summed E-state index contributed by atoms with van der Waals surface area (Å²) in [6.07, 6.45) is 1.84. The van der Waals surface area contributed by atoms with Gasteiger partial charge in [0.2, 0.25) is 5.91 Å². The molecule has 6 heteroatoms. The first-order valence-corrected chi connectivity index (χ1v) is 6.43. The highest BCUT2D eigenvalue weighted by Gasteiger charge is 2.24. The Morgan fingerprint density at radius 2 is 1.67 bits per heavy atom. The van der Waals surface area contributed by atoms with Gasteiger partial charge < -0.3 is 10.0 Å². The van der Waals surface area contributed by atoms with Crippen molar-refractivity contribution in [1.82, 2.24) is 4.57 Å². The Morgan fingerprint density at radius 3 is 2.19 bits per heavy atom. The molecule has 2 aromatic rings. The van der Waals surface area contributed by atoms with Crippen molar-refractivity contribution in [2.24, 2.45) is 0 Å². The van der Waals surface area contributed by atoms with Crippen LogP contribution in [0.15, 0.2) is 47.4 Å². The second-order valence-corrected chi connectivity index (χ2v) is 4.74. The second-order valence-electron chi connectivity index (χ2n) is 4.74. The number of β-lactam (4-membered cyclic amide) rings is 1. The number of pyridine rings is 1. The molecule has 1 aliphatic heterocycles. The van der Waals surface area contributed by atoms with Crippen molar-refractivity contribution >= 4 is 17.6 Å². The number of hydrogen-bond acceptors (Lipinski definition) is 3. The third-order valence-electron chi connectivity index (χ3n) is 3.45. The summed E-state index contributed by atoms with van der Waals surface area (Å²) >= 11 is 0. The van der Waals surface area contributed by atoms with Gasteiger partial charge in [0.25, 0.3) is 5.56 Å². The highest BCUT2D eigenvalue weighted by atomic mass is 16.4. The normalized spacial score (nSPS) is 13.9. The molecule has 1 saturated heterocycles. The Hall–Kier alpha value is -2.89. The van der Waals surface area contributed by atoms with Crippen LogP contribution >= 0.6 is 0 Å². The van der Waals surface area contributed by atoms with E-state index in [0.717, 1.165) is 5.69 Å². The smallest absolute Gasteiger partial charge is 0.337 e. The molecule has 2 heterocycles. The third-order valence-corrected chi connectivity index (χ3v) is 3.45. The maximum atomic E-state index is 11.8.